The number of sulfonamides is 1. The molecule has 1 aliphatic carbocycles. The van der Waals surface area contributed by atoms with Gasteiger partial charge in [0.2, 0.25) is 16.0 Å². The second kappa shape index (κ2) is 6.52. The first-order valence-electron chi connectivity index (χ1n) is 9.70. The van der Waals surface area contributed by atoms with E-state index >= 15 is 0 Å². The molecule has 0 aromatic carbocycles. The molecule has 1 atom stereocenters. The van der Waals surface area contributed by atoms with Crippen LogP contribution in [-0.2, 0) is 28.9 Å². The van der Waals surface area contributed by atoms with Gasteiger partial charge in [-0.2, -0.15) is 9.40 Å². The summed E-state index contributed by atoms with van der Waals surface area (Å²) >= 11 is 0. The molecule has 1 saturated heterocycles. The van der Waals surface area contributed by atoms with Crippen LogP contribution < -0.4 is 4.90 Å². The van der Waals surface area contributed by atoms with Crippen molar-refractivity contribution in [2.45, 2.75) is 49.8 Å². The standard InChI is InChI=1S/C19H28N6O2S/c1-13-16(14(2)24(5)22-13)28(26,27)25-10-6-8-19(12-25)9-7-15-11-20-18(23(3)4)21-17(15)19/h11H,6-10,12H2,1-5H3. The normalized spacial score (nSPS) is 22.6. The lowest BCUT2D eigenvalue weighted by Crippen LogP contribution is -2.48. The zero-order valence-corrected chi connectivity index (χ0v) is 18.0. The summed E-state index contributed by atoms with van der Waals surface area (Å²) in [6.45, 7) is 4.59. The van der Waals surface area contributed by atoms with E-state index in [-0.39, 0.29) is 5.41 Å². The highest BCUT2D eigenvalue weighted by Gasteiger charge is 2.47. The Bertz CT molecular complexity index is 1030. The van der Waals surface area contributed by atoms with Crippen LogP contribution in [0.4, 0.5) is 5.95 Å². The second-order valence-corrected chi connectivity index (χ2v) is 10.2. The summed E-state index contributed by atoms with van der Waals surface area (Å²) < 4.78 is 30.3. The first kappa shape index (κ1) is 19.3. The summed E-state index contributed by atoms with van der Waals surface area (Å²) in [5.41, 5.74) is 3.20. The number of anilines is 1. The summed E-state index contributed by atoms with van der Waals surface area (Å²) in [6.07, 6.45) is 5.53. The van der Waals surface area contributed by atoms with Crippen LogP contribution in [0.1, 0.15) is 41.9 Å². The third-order valence-corrected chi connectivity index (χ3v) is 8.31. The van der Waals surface area contributed by atoms with E-state index in [1.54, 1.807) is 23.0 Å². The minimum Gasteiger partial charge on any atom is -0.347 e. The maximum absolute atomic E-state index is 13.5. The third-order valence-electron chi connectivity index (χ3n) is 6.21. The van der Waals surface area contributed by atoms with Crippen molar-refractivity contribution >= 4 is 16.0 Å². The van der Waals surface area contributed by atoms with Crippen LogP contribution in [-0.4, -0.2) is 59.7 Å². The molecule has 0 amide bonds. The molecule has 9 heteroatoms. The Morgan fingerprint density at radius 2 is 1.96 bits per heavy atom. The topological polar surface area (TPSA) is 84.2 Å². The molecule has 2 aromatic heterocycles. The van der Waals surface area contributed by atoms with Crippen molar-refractivity contribution in [2.24, 2.45) is 7.05 Å². The maximum Gasteiger partial charge on any atom is 0.246 e. The van der Waals surface area contributed by atoms with Crippen LogP contribution in [0, 0.1) is 13.8 Å². The van der Waals surface area contributed by atoms with Crippen LogP contribution in [0.25, 0.3) is 0 Å². The number of nitrogens with zero attached hydrogens (tertiary/aromatic N) is 6. The average molecular weight is 405 g/mol. The Kier molecular flexibility index (Phi) is 4.50. The average Bonchev–Trinajstić information content (AvgIpc) is 3.12. The Hall–Kier alpha value is -2.00. The van der Waals surface area contributed by atoms with Crippen LogP contribution in [0.15, 0.2) is 11.1 Å². The van der Waals surface area contributed by atoms with E-state index in [9.17, 15) is 8.42 Å². The number of rotatable bonds is 3. The minimum atomic E-state index is -3.60. The Morgan fingerprint density at radius 1 is 1.21 bits per heavy atom. The van der Waals surface area contributed by atoms with Gasteiger partial charge in [0.15, 0.2) is 0 Å². The zero-order chi connectivity index (χ0) is 20.3. The molecule has 4 rings (SSSR count). The van der Waals surface area contributed by atoms with Gasteiger partial charge >= 0.3 is 0 Å². The van der Waals surface area contributed by atoms with Gasteiger partial charge in [-0.05, 0) is 45.1 Å². The molecular weight excluding hydrogens is 376 g/mol. The summed E-state index contributed by atoms with van der Waals surface area (Å²) in [5.74, 6) is 0.680. The number of hydrogen-bond acceptors (Lipinski definition) is 6. The fourth-order valence-corrected chi connectivity index (χ4v) is 6.66. The fourth-order valence-electron chi connectivity index (χ4n) is 4.70. The predicted octanol–water partition coefficient (Wildman–Crippen LogP) is 1.56. The number of aryl methyl sites for hydroxylation is 3. The Balaban J connectivity index is 1.73. The lowest BCUT2D eigenvalue weighted by Gasteiger charge is -2.39. The van der Waals surface area contributed by atoms with Crippen molar-refractivity contribution in [3.63, 3.8) is 0 Å². The molecule has 28 heavy (non-hydrogen) atoms. The minimum absolute atomic E-state index is 0.224. The van der Waals surface area contributed by atoms with E-state index in [4.69, 9.17) is 4.98 Å². The van der Waals surface area contributed by atoms with E-state index in [2.05, 4.69) is 10.1 Å². The van der Waals surface area contributed by atoms with Gasteiger partial charge in [0.25, 0.3) is 0 Å². The number of fused-ring (bicyclic) bond motifs is 2. The highest BCUT2D eigenvalue weighted by atomic mass is 32.2. The molecule has 0 bridgehead atoms. The Morgan fingerprint density at radius 3 is 2.61 bits per heavy atom. The van der Waals surface area contributed by atoms with Gasteiger partial charge in [-0.25, -0.2) is 18.4 Å². The SMILES string of the molecule is Cc1nn(C)c(C)c1S(=O)(=O)N1CCCC2(CCc3cnc(N(C)C)nc32)C1. The molecule has 0 N–H and O–H groups in total. The molecule has 1 unspecified atom stereocenters. The van der Waals surface area contributed by atoms with E-state index in [0.717, 1.165) is 36.9 Å². The lowest BCUT2D eigenvalue weighted by atomic mass is 9.78. The molecule has 3 heterocycles. The molecule has 0 saturated carbocycles. The molecule has 2 aliphatic rings. The second-order valence-electron chi connectivity index (χ2n) is 8.28. The van der Waals surface area contributed by atoms with Crippen molar-refractivity contribution < 1.29 is 8.42 Å². The van der Waals surface area contributed by atoms with Gasteiger partial charge in [-0.3, -0.25) is 4.68 Å². The van der Waals surface area contributed by atoms with Gasteiger partial charge in [0.05, 0.1) is 17.1 Å². The summed E-state index contributed by atoms with van der Waals surface area (Å²) in [4.78, 5) is 11.5. The highest BCUT2D eigenvalue weighted by Crippen LogP contribution is 2.45. The van der Waals surface area contributed by atoms with Gasteiger partial charge in [-0.15, -0.1) is 0 Å². The van der Waals surface area contributed by atoms with E-state index in [1.165, 1.54) is 0 Å². The Labute approximate surface area is 166 Å². The lowest BCUT2D eigenvalue weighted by molar-refractivity contribution is 0.219. The summed E-state index contributed by atoms with van der Waals surface area (Å²) in [6, 6.07) is 0. The van der Waals surface area contributed by atoms with Gasteiger partial charge in [-0.1, -0.05) is 0 Å². The van der Waals surface area contributed by atoms with E-state index < -0.39 is 10.0 Å². The molecule has 2 aromatic rings. The van der Waals surface area contributed by atoms with Crippen molar-refractivity contribution in [3.8, 4) is 0 Å². The fraction of sp³-hybridized carbons (Fsp3) is 0.632. The van der Waals surface area contributed by atoms with E-state index in [0.29, 0.717) is 35.3 Å². The van der Waals surface area contributed by atoms with Crippen molar-refractivity contribution in [1.82, 2.24) is 24.1 Å². The number of hydrogen-bond donors (Lipinski definition) is 0. The van der Waals surface area contributed by atoms with Crippen molar-refractivity contribution in [1.29, 1.82) is 0 Å². The monoisotopic (exact) mass is 404 g/mol. The first-order chi connectivity index (χ1) is 13.2. The van der Waals surface area contributed by atoms with Crippen molar-refractivity contribution in [2.75, 3.05) is 32.1 Å². The zero-order valence-electron chi connectivity index (χ0n) is 17.2. The van der Waals surface area contributed by atoms with Gasteiger partial charge < -0.3 is 4.90 Å². The van der Waals surface area contributed by atoms with Gasteiger partial charge in [0.1, 0.15) is 4.90 Å². The van der Waals surface area contributed by atoms with Crippen LogP contribution in [0.3, 0.4) is 0 Å². The first-order valence-corrected chi connectivity index (χ1v) is 11.1. The van der Waals surface area contributed by atoms with Crippen LogP contribution >= 0.6 is 0 Å². The smallest absolute Gasteiger partial charge is 0.246 e. The molecular formula is C19H28N6O2S. The van der Waals surface area contributed by atoms with Gasteiger partial charge in [0, 0.05) is 45.8 Å². The largest absolute Gasteiger partial charge is 0.347 e. The van der Waals surface area contributed by atoms with Crippen LogP contribution in [0.5, 0.6) is 0 Å². The third kappa shape index (κ3) is 2.83. The molecule has 8 nitrogen and oxygen atoms in total. The molecule has 0 radical (unpaired) electrons. The predicted molar refractivity (Wildman–Crippen MR) is 107 cm³/mol. The van der Waals surface area contributed by atoms with Crippen molar-refractivity contribution in [3.05, 3.63) is 28.8 Å². The maximum atomic E-state index is 13.5. The molecule has 1 fully saturated rings. The number of aromatic nitrogens is 4. The van der Waals surface area contributed by atoms with Crippen LogP contribution in [0.2, 0.25) is 0 Å². The summed E-state index contributed by atoms with van der Waals surface area (Å²) in [5, 5.41) is 4.31. The molecule has 152 valence electrons. The van der Waals surface area contributed by atoms with E-state index in [1.807, 2.05) is 32.1 Å². The highest BCUT2D eigenvalue weighted by molar-refractivity contribution is 7.89. The quantitative estimate of drug-likeness (QED) is 0.772. The number of piperidine rings is 1. The molecule has 1 aliphatic heterocycles. The molecule has 1 spiro atoms. The summed E-state index contributed by atoms with van der Waals surface area (Å²) in [7, 11) is 2.04.